The second-order valence-corrected chi connectivity index (χ2v) is 7.06. The van der Waals surface area contributed by atoms with E-state index in [-0.39, 0.29) is 6.10 Å². The van der Waals surface area contributed by atoms with Crippen LogP contribution in [0.5, 0.6) is 5.75 Å². The highest BCUT2D eigenvalue weighted by atomic mass is 16.6. The molecule has 0 aliphatic rings. The van der Waals surface area contributed by atoms with Gasteiger partial charge in [0.05, 0.1) is 39.6 Å². The van der Waals surface area contributed by atoms with Crippen molar-refractivity contribution in [2.24, 2.45) is 0 Å². The number of ether oxygens (including phenoxy) is 5. The molecule has 1 atom stereocenters. The normalized spacial score (nSPS) is 12.6. The lowest BCUT2D eigenvalue weighted by Crippen LogP contribution is -2.37. The van der Waals surface area contributed by atoms with E-state index in [0.29, 0.717) is 52.3 Å². The highest BCUT2D eigenvalue weighted by Crippen LogP contribution is 2.25. The van der Waals surface area contributed by atoms with Crippen LogP contribution in [0.15, 0.2) is 42.5 Å². The Labute approximate surface area is 174 Å². The molecule has 6 heteroatoms. The van der Waals surface area contributed by atoms with Gasteiger partial charge in [-0.05, 0) is 11.5 Å². The number of nitrogens with one attached hydrogen (secondary N) is 1. The summed E-state index contributed by atoms with van der Waals surface area (Å²) in [5.41, 5.74) is 0. The van der Waals surface area contributed by atoms with Crippen LogP contribution in [0.2, 0.25) is 0 Å². The van der Waals surface area contributed by atoms with Crippen LogP contribution in [0.4, 0.5) is 0 Å². The molecule has 2 aromatic carbocycles. The third-order valence-electron chi connectivity index (χ3n) is 4.31. The minimum absolute atomic E-state index is 0.0575. The molecule has 0 saturated carbocycles. The van der Waals surface area contributed by atoms with Gasteiger partial charge < -0.3 is 29.0 Å². The summed E-state index contributed by atoms with van der Waals surface area (Å²) in [6, 6.07) is 14.7. The van der Waals surface area contributed by atoms with Gasteiger partial charge in [0.1, 0.15) is 18.5 Å². The van der Waals surface area contributed by atoms with Gasteiger partial charge >= 0.3 is 0 Å². The first-order valence-electron chi connectivity index (χ1n) is 10.3. The van der Waals surface area contributed by atoms with Crippen molar-refractivity contribution in [1.29, 1.82) is 0 Å². The summed E-state index contributed by atoms with van der Waals surface area (Å²) in [6.07, 6.45) is -0.0575. The first kappa shape index (κ1) is 23.6. The maximum Gasteiger partial charge on any atom is 0.127 e. The van der Waals surface area contributed by atoms with Gasteiger partial charge in [-0.1, -0.05) is 50.2 Å². The summed E-state index contributed by atoms with van der Waals surface area (Å²) < 4.78 is 28.0. The molecule has 0 heterocycles. The molecule has 29 heavy (non-hydrogen) atoms. The molecule has 0 saturated heterocycles. The number of hydrogen-bond acceptors (Lipinski definition) is 6. The molecule has 0 radical (unpaired) electrons. The van der Waals surface area contributed by atoms with Crippen LogP contribution in [-0.4, -0.2) is 72.0 Å². The quantitative estimate of drug-likeness (QED) is 0.433. The van der Waals surface area contributed by atoms with Crippen molar-refractivity contribution in [3.05, 3.63) is 42.5 Å². The van der Waals surface area contributed by atoms with E-state index in [4.69, 9.17) is 23.7 Å². The Bertz CT molecular complexity index is 674. The third-order valence-corrected chi connectivity index (χ3v) is 4.31. The second kappa shape index (κ2) is 14.3. The SMILES string of the molecule is COCCOCCOCCO[C@@H](CNC(C)C)COc1cccc2ccccc12. The van der Waals surface area contributed by atoms with Crippen molar-refractivity contribution < 1.29 is 23.7 Å². The molecule has 0 aliphatic heterocycles. The van der Waals surface area contributed by atoms with Gasteiger partial charge in [-0.3, -0.25) is 0 Å². The van der Waals surface area contributed by atoms with Gasteiger partial charge in [-0.25, -0.2) is 0 Å². The molecule has 2 aromatic rings. The van der Waals surface area contributed by atoms with Gasteiger partial charge in [0.15, 0.2) is 0 Å². The lowest BCUT2D eigenvalue weighted by Gasteiger charge is -2.21. The van der Waals surface area contributed by atoms with Gasteiger partial charge in [0.2, 0.25) is 0 Å². The maximum atomic E-state index is 6.11. The number of methoxy groups -OCH3 is 1. The van der Waals surface area contributed by atoms with Crippen LogP contribution in [0, 0.1) is 0 Å². The standard InChI is InChI=1S/C23H35NO5/c1-19(2)24-17-21(28-16-15-27-14-13-26-12-11-25-3)18-29-23-10-6-8-20-7-4-5-9-22(20)23/h4-10,19,21,24H,11-18H2,1-3H3/t21-/m0/s1. The Balaban J connectivity index is 1.74. The van der Waals surface area contributed by atoms with E-state index in [1.807, 2.05) is 24.3 Å². The fraction of sp³-hybridized carbons (Fsp3) is 0.565. The van der Waals surface area contributed by atoms with E-state index in [1.165, 1.54) is 5.39 Å². The van der Waals surface area contributed by atoms with Crippen molar-refractivity contribution in [3.8, 4) is 5.75 Å². The Kier molecular flexibility index (Phi) is 11.6. The van der Waals surface area contributed by atoms with Gasteiger partial charge in [0, 0.05) is 25.1 Å². The summed E-state index contributed by atoms with van der Waals surface area (Å²) in [4.78, 5) is 0. The van der Waals surface area contributed by atoms with Crippen molar-refractivity contribution in [2.45, 2.75) is 26.0 Å². The van der Waals surface area contributed by atoms with Gasteiger partial charge in [-0.15, -0.1) is 0 Å². The lowest BCUT2D eigenvalue weighted by molar-refractivity contribution is -0.0274. The van der Waals surface area contributed by atoms with Crippen LogP contribution < -0.4 is 10.1 Å². The van der Waals surface area contributed by atoms with Crippen LogP contribution >= 0.6 is 0 Å². The minimum atomic E-state index is -0.0575. The molecule has 1 N–H and O–H groups in total. The Morgan fingerprint density at radius 3 is 2.28 bits per heavy atom. The summed E-state index contributed by atoms with van der Waals surface area (Å²) in [5.74, 6) is 0.880. The highest BCUT2D eigenvalue weighted by Gasteiger charge is 2.12. The van der Waals surface area contributed by atoms with E-state index < -0.39 is 0 Å². The van der Waals surface area contributed by atoms with Crippen LogP contribution in [0.1, 0.15) is 13.8 Å². The second-order valence-electron chi connectivity index (χ2n) is 7.06. The number of fused-ring (bicyclic) bond motifs is 1. The van der Waals surface area contributed by atoms with Crippen molar-refractivity contribution in [1.82, 2.24) is 5.32 Å². The van der Waals surface area contributed by atoms with E-state index >= 15 is 0 Å². The molecule has 0 spiro atoms. The van der Waals surface area contributed by atoms with Crippen LogP contribution in [0.3, 0.4) is 0 Å². The van der Waals surface area contributed by atoms with Crippen molar-refractivity contribution >= 4 is 10.8 Å². The molecule has 0 amide bonds. The van der Waals surface area contributed by atoms with Crippen molar-refractivity contribution in [3.63, 3.8) is 0 Å². The summed E-state index contributed by atoms with van der Waals surface area (Å²) in [5, 5.41) is 5.71. The van der Waals surface area contributed by atoms with Gasteiger partial charge in [-0.2, -0.15) is 0 Å². The molecular weight excluding hydrogens is 370 g/mol. The van der Waals surface area contributed by atoms with E-state index in [9.17, 15) is 0 Å². The number of rotatable bonds is 16. The zero-order chi connectivity index (χ0) is 20.7. The molecule has 6 nitrogen and oxygen atoms in total. The van der Waals surface area contributed by atoms with Crippen LogP contribution in [0.25, 0.3) is 10.8 Å². The minimum Gasteiger partial charge on any atom is -0.490 e. The number of hydrogen-bond donors (Lipinski definition) is 1. The van der Waals surface area contributed by atoms with E-state index in [1.54, 1.807) is 7.11 Å². The molecule has 0 aliphatic carbocycles. The smallest absolute Gasteiger partial charge is 0.127 e. The molecule has 2 rings (SSSR count). The molecule has 0 aromatic heterocycles. The summed E-state index contributed by atoms with van der Waals surface area (Å²) in [7, 11) is 1.66. The maximum absolute atomic E-state index is 6.11. The predicted octanol–water partition coefficient (Wildman–Crippen LogP) is 3.28. The van der Waals surface area contributed by atoms with Crippen molar-refractivity contribution in [2.75, 3.05) is 59.9 Å². The highest BCUT2D eigenvalue weighted by molar-refractivity contribution is 5.88. The van der Waals surface area contributed by atoms with E-state index in [2.05, 4.69) is 37.4 Å². The average Bonchev–Trinajstić information content (AvgIpc) is 2.73. The Morgan fingerprint density at radius 1 is 0.828 bits per heavy atom. The van der Waals surface area contributed by atoms with Crippen LogP contribution in [-0.2, 0) is 18.9 Å². The third kappa shape index (κ3) is 9.56. The Morgan fingerprint density at radius 2 is 1.52 bits per heavy atom. The fourth-order valence-corrected chi connectivity index (χ4v) is 2.78. The molecule has 0 bridgehead atoms. The molecule has 162 valence electrons. The largest absolute Gasteiger partial charge is 0.490 e. The topological polar surface area (TPSA) is 58.2 Å². The van der Waals surface area contributed by atoms with Gasteiger partial charge in [0.25, 0.3) is 0 Å². The Hall–Kier alpha value is -1.70. The molecule has 0 unspecified atom stereocenters. The summed E-state index contributed by atoms with van der Waals surface area (Å²) in [6.45, 7) is 8.79. The fourth-order valence-electron chi connectivity index (χ4n) is 2.78. The zero-order valence-electron chi connectivity index (χ0n) is 17.9. The predicted molar refractivity (Wildman–Crippen MR) is 116 cm³/mol. The molecular formula is C23H35NO5. The zero-order valence-corrected chi connectivity index (χ0v) is 17.9. The lowest BCUT2D eigenvalue weighted by atomic mass is 10.1. The average molecular weight is 406 g/mol. The molecule has 0 fully saturated rings. The summed E-state index contributed by atoms with van der Waals surface area (Å²) >= 11 is 0. The number of benzene rings is 2. The monoisotopic (exact) mass is 405 g/mol. The first-order chi connectivity index (χ1) is 14.2. The van der Waals surface area contributed by atoms with E-state index in [0.717, 1.165) is 17.7 Å². The first-order valence-corrected chi connectivity index (χ1v) is 10.3.